The second-order valence-corrected chi connectivity index (χ2v) is 6.11. The fourth-order valence-corrected chi connectivity index (χ4v) is 2.39. The smallest absolute Gasteiger partial charge is 0.241 e. The van der Waals surface area contributed by atoms with Gasteiger partial charge in [0.15, 0.2) is 5.96 Å². The molecule has 0 bridgehead atoms. The molecule has 3 N–H and O–H groups in total. The highest BCUT2D eigenvalue weighted by Gasteiger charge is 2.10. The Balaban J connectivity index is 2.38. The van der Waals surface area contributed by atoms with Gasteiger partial charge in [-0.25, -0.2) is 4.99 Å². The van der Waals surface area contributed by atoms with Gasteiger partial charge < -0.3 is 16.0 Å². The minimum Gasteiger partial charge on any atom is -0.357 e. The predicted molar refractivity (Wildman–Crippen MR) is 105 cm³/mol. The van der Waals surface area contributed by atoms with Crippen LogP contribution in [-0.2, 0) is 11.3 Å². The molecule has 0 aliphatic rings. The molecule has 0 saturated carbocycles. The molecule has 0 aromatic heterocycles. The van der Waals surface area contributed by atoms with Crippen molar-refractivity contribution in [2.75, 3.05) is 33.2 Å². The Hall–Kier alpha value is -2.08. The van der Waals surface area contributed by atoms with Crippen molar-refractivity contribution in [3.05, 3.63) is 35.9 Å². The van der Waals surface area contributed by atoms with Crippen LogP contribution in [0.4, 0.5) is 0 Å². The van der Waals surface area contributed by atoms with Crippen molar-refractivity contribution < 1.29 is 4.79 Å². The Morgan fingerprint density at radius 1 is 1.12 bits per heavy atom. The molecule has 1 amide bonds. The fourth-order valence-electron chi connectivity index (χ4n) is 2.39. The van der Waals surface area contributed by atoms with Gasteiger partial charge in [0.05, 0.1) is 0 Å². The van der Waals surface area contributed by atoms with Gasteiger partial charge in [-0.05, 0) is 39.8 Å². The first-order valence-corrected chi connectivity index (χ1v) is 9.09. The quantitative estimate of drug-likeness (QED) is 0.444. The van der Waals surface area contributed by atoms with Gasteiger partial charge in [0, 0.05) is 32.2 Å². The van der Waals surface area contributed by atoms with E-state index in [0.29, 0.717) is 18.5 Å². The molecule has 0 fully saturated rings. The third-order valence-electron chi connectivity index (χ3n) is 3.98. The average molecular weight is 348 g/mol. The fraction of sp³-hybridized carbons (Fsp3) is 0.579. The number of hydrogen-bond donors (Lipinski definition) is 3. The molecular formula is C19H33N5O. The summed E-state index contributed by atoms with van der Waals surface area (Å²) in [6.07, 6.45) is 0.995. The second-order valence-electron chi connectivity index (χ2n) is 6.11. The maximum absolute atomic E-state index is 11.5. The molecule has 0 aliphatic heterocycles. The van der Waals surface area contributed by atoms with Gasteiger partial charge in [-0.15, -0.1) is 0 Å². The van der Waals surface area contributed by atoms with Crippen LogP contribution < -0.4 is 16.0 Å². The van der Waals surface area contributed by atoms with E-state index in [-0.39, 0.29) is 12.5 Å². The molecule has 0 radical (unpaired) electrons. The van der Waals surface area contributed by atoms with E-state index >= 15 is 0 Å². The summed E-state index contributed by atoms with van der Waals surface area (Å²) in [7, 11) is 2.14. The molecular weight excluding hydrogens is 314 g/mol. The zero-order chi connectivity index (χ0) is 18.5. The lowest BCUT2D eigenvalue weighted by molar-refractivity contribution is -0.119. The second kappa shape index (κ2) is 12.3. The van der Waals surface area contributed by atoms with Crippen LogP contribution in [0.2, 0.25) is 0 Å². The number of aliphatic imine (C=N–C) groups is 1. The number of nitrogens with zero attached hydrogens (tertiary/aromatic N) is 2. The predicted octanol–water partition coefficient (Wildman–Crippen LogP) is 1.59. The van der Waals surface area contributed by atoms with Gasteiger partial charge in [0.2, 0.25) is 5.91 Å². The maximum atomic E-state index is 11.5. The number of carbonyl (C=O) groups is 1. The van der Waals surface area contributed by atoms with E-state index in [1.165, 1.54) is 5.56 Å². The lowest BCUT2D eigenvalue weighted by Gasteiger charge is -2.25. The van der Waals surface area contributed by atoms with E-state index in [1.807, 2.05) is 19.9 Å². The van der Waals surface area contributed by atoms with Crippen LogP contribution in [-0.4, -0.2) is 56.0 Å². The summed E-state index contributed by atoms with van der Waals surface area (Å²) < 4.78 is 0. The minimum atomic E-state index is -0.0596. The molecule has 0 heterocycles. The molecule has 6 heteroatoms. The van der Waals surface area contributed by atoms with Gasteiger partial charge in [-0.3, -0.25) is 9.69 Å². The van der Waals surface area contributed by atoms with Gasteiger partial charge >= 0.3 is 0 Å². The Bertz CT molecular complexity index is 518. The number of hydrogen-bond acceptors (Lipinski definition) is 3. The lowest BCUT2D eigenvalue weighted by atomic mass is 10.1. The summed E-state index contributed by atoms with van der Waals surface area (Å²) in [6, 6.07) is 10.9. The first kappa shape index (κ1) is 21.0. The first-order chi connectivity index (χ1) is 12.1. The average Bonchev–Trinajstić information content (AvgIpc) is 2.60. The summed E-state index contributed by atoms with van der Waals surface area (Å²) in [5.41, 5.74) is 1.32. The number of rotatable bonds is 10. The van der Waals surface area contributed by atoms with Gasteiger partial charge in [-0.1, -0.05) is 30.3 Å². The van der Waals surface area contributed by atoms with Crippen LogP contribution in [0.15, 0.2) is 35.3 Å². The van der Waals surface area contributed by atoms with Crippen molar-refractivity contribution in [3.8, 4) is 0 Å². The molecule has 1 aromatic carbocycles. The first-order valence-electron chi connectivity index (χ1n) is 9.09. The number of nitrogens with one attached hydrogen (secondary N) is 3. The molecule has 1 rings (SSSR count). The zero-order valence-electron chi connectivity index (χ0n) is 16.0. The number of likely N-dealkylation sites (N-methyl/N-ethyl adjacent to an activating group) is 1. The largest absolute Gasteiger partial charge is 0.357 e. The molecule has 1 atom stereocenters. The van der Waals surface area contributed by atoms with E-state index in [0.717, 1.165) is 26.1 Å². The number of amides is 1. The minimum absolute atomic E-state index is 0.0596. The highest BCUT2D eigenvalue weighted by Crippen LogP contribution is 2.07. The van der Waals surface area contributed by atoms with Crippen LogP contribution in [0.1, 0.15) is 32.8 Å². The molecule has 6 nitrogen and oxygen atoms in total. The summed E-state index contributed by atoms with van der Waals surface area (Å²) in [5, 5.41) is 9.22. The summed E-state index contributed by atoms with van der Waals surface area (Å²) >= 11 is 0. The Morgan fingerprint density at radius 2 is 1.80 bits per heavy atom. The molecule has 1 aromatic rings. The molecule has 140 valence electrons. The van der Waals surface area contributed by atoms with Crippen LogP contribution in [0.5, 0.6) is 0 Å². The van der Waals surface area contributed by atoms with Crippen molar-refractivity contribution in [3.63, 3.8) is 0 Å². The molecule has 25 heavy (non-hydrogen) atoms. The summed E-state index contributed by atoms with van der Waals surface area (Å²) in [5.74, 6) is 0.627. The standard InChI is InChI=1S/C19H33N5O/c1-5-20-18(25)14-23-19(21-6-2)22-13-12-16(3)24(4)15-17-10-8-7-9-11-17/h7-11,16H,5-6,12-15H2,1-4H3,(H,20,25)(H2,21,22,23). The Morgan fingerprint density at radius 3 is 2.44 bits per heavy atom. The van der Waals surface area contributed by atoms with Crippen LogP contribution >= 0.6 is 0 Å². The van der Waals surface area contributed by atoms with Gasteiger partial charge in [0.25, 0.3) is 0 Å². The van der Waals surface area contributed by atoms with Crippen molar-refractivity contribution in [2.24, 2.45) is 4.99 Å². The Labute approximate surface area is 152 Å². The summed E-state index contributed by atoms with van der Waals surface area (Å²) in [4.78, 5) is 18.2. The molecule has 0 spiro atoms. The van der Waals surface area contributed by atoms with Gasteiger partial charge in [-0.2, -0.15) is 0 Å². The maximum Gasteiger partial charge on any atom is 0.241 e. The van der Waals surface area contributed by atoms with Crippen molar-refractivity contribution in [1.29, 1.82) is 0 Å². The van der Waals surface area contributed by atoms with Gasteiger partial charge in [0.1, 0.15) is 6.54 Å². The Kier molecular flexibility index (Phi) is 10.3. The van der Waals surface area contributed by atoms with E-state index < -0.39 is 0 Å². The molecule has 0 saturated heterocycles. The summed E-state index contributed by atoms with van der Waals surface area (Å²) in [6.45, 7) is 9.43. The van der Waals surface area contributed by atoms with Crippen LogP contribution in [0.25, 0.3) is 0 Å². The third-order valence-corrected chi connectivity index (χ3v) is 3.98. The molecule has 1 unspecified atom stereocenters. The topological polar surface area (TPSA) is 68.8 Å². The zero-order valence-corrected chi connectivity index (χ0v) is 16.0. The van der Waals surface area contributed by atoms with E-state index in [9.17, 15) is 4.79 Å². The normalized spacial score (nSPS) is 12.8. The van der Waals surface area contributed by atoms with E-state index in [4.69, 9.17) is 0 Å². The van der Waals surface area contributed by atoms with Crippen LogP contribution in [0.3, 0.4) is 0 Å². The third kappa shape index (κ3) is 9.10. The van der Waals surface area contributed by atoms with Crippen molar-refractivity contribution in [2.45, 2.75) is 39.8 Å². The van der Waals surface area contributed by atoms with E-state index in [1.54, 1.807) is 0 Å². The number of benzene rings is 1. The SMILES string of the molecule is CCNC(=O)CN=C(NCC)NCCC(C)N(C)Cc1ccccc1. The van der Waals surface area contributed by atoms with E-state index in [2.05, 4.69) is 64.1 Å². The molecule has 0 aliphatic carbocycles. The highest BCUT2D eigenvalue weighted by atomic mass is 16.1. The lowest BCUT2D eigenvalue weighted by Crippen LogP contribution is -2.40. The number of guanidine groups is 1. The monoisotopic (exact) mass is 347 g/mol. The van der Waals surface area contributed by atoms with Crippen molar-refractivity contribution in [1.82, 2.24) is 20.9 Å². The number of carbonyl (C=O) groups excluding carboxylic acids is 1. The van der Waals surface area contributed by atoms with Crippen LogP contribution in [0, 0.1) is 0 Å². The highest BCUT2D eigenvalue weighted by molar-refractivity contribution is 5.84. The van der Waals surface area contributed by atoms with Crippen molar-refractivity contribution >= 4 is 11.9 Å².